The fourth-order valence-electron chi connectivity index (χ4n) is 1.09. The highest BCUT2D eigenvalue weighted by Gasteiger charge is 1.95. The van der Waals surface area contributed by atoms with Crippen molar-refractivity contribution >= 4 is 13.9 Å². The van der Waals surface area contributed by atoms with E-state index in [0.29, 0.717) is 0 Å². The molecule has 1 aliphatic carbocycles. The van der Waals surface area contributed by atoms with E-state index in [1.165, 1.54) is 10.6 Å². The molecule has 0 aromatic heterocycles. The van der Waals surface area contributed by atoms with Gasteiger partial charge in [-0.05, 0) is 17.5 Å². The lowest BCUT2D eigenvalue weighted by Gasteiger charge is -1.97. The standard InChI is InChI=1S/C11H9P/c1-2-6-10(7-3-1)12-11-8-4-5-9-11/h1-8,12H. The third-order valence-corrected chi connectivity index (χ3v) is 2.85. The smallest absolute Gasteiger partial charge is 0.0188 e. The Hall–Kier alpha value is -1.09. The average Bonchev–Trinajstić information content (AvgIpc) is 2.59. The summed E-state index contributed by atoms with van der Waals surface area (Å²) in [4.78, 5) is 0. The van der Waals surface area contributed by atoms with Gasteiger partial charge in [-0.15, -0.1) is 5.73 Å². The second-order valence-electron chi connectivity index (χ2n) is 2.57. The zero-order chi connectivity index (χ0) is 8.23. The van der Waals surface area contributed by atoms with Crippen LogP contribution in [-0.4, -0.2) is 0 Å². The molecule has 1 aliphatic rings. The molecule has 0 nitrogen and oxygen atoms in total. The van der Waals surface area contributed by atoms with Crippen LogP contribution < -0.4 is 5.30 Å². The van der Waals surface area contributed by atoms with Crippen LogP contribution in [0.2, 0.25) is 0 Å². The molecule has 58 valence electrons. The molecule has 0 saturated carbocycles. The molecular weight excluding hydrogens is 163 g/mol. The van der Waals surface area contributed by atoms with Crippen LogP contribution >= 0.6 is 8.58 Å². The predicted molar refractivity (Wildman–Crippen MR) is 55.1 cm³/mol. The van der Waals surface area contributed by atoms with Crippen LogP contribution in [0.3, 0.4) is 0 Å². The first kappa shape index (κ1) is 7.55. The maximum Gasteiger partial charge on any atom is 0.0188 e. The summed E-state index contributed by atoms with van der Waals surface area (Å²) >= 11 is 0. The second-order valence-corrected chi connectivity index (χ2v) is 3.94. The molecule has 0 amide bonds. The van der Waals surface area contributed by atoms with Crippen molar-refractivity contribution in [1.29, 1.82) is 0 Å². The van der Waals surface area contributed by atoms with E-state index in [1.54, 1.807) is 0 Å². The quantitative estimate of drug-likeness (QED) is 0.475. The van der Waals surface area contributed by atoms with Gasteiger partial charge in [-0.1, -0.05) is 45.0 Å². The highest BCUT2D eigenvalue weighted by molar-refractivity contribution is 7.52. The number of hydrogen-bond acceptors (Lipinski definition) is 0. The third-order valence-electron chi connectivity index (χ3n) is 1.65. The summed E-state index contributed by atoms with van der Waals surface area (Å²) in [6.07, 6.45) is 6.11. The first-order chi connectivity index (χ1) is 5.95. The summed E-state index contributed by atoms with van der Waals surface area (Å²) in [7, 11) is 0.746. The molecule has 0 saturated heterocycles. The SMILES string of the molecule is C1=CC=CC=1Pc1ccccc1. The number of allylic oxidation sites excluding steroid dienone is 3. The van der Waals surface area contributed by atoms with Crippen LogP contribution in [0.15, 0.2) is 59.6 Å². The maximum absolute atomic E-state index is 3.20. The van der Waals surface area contributed by atoms with Crippen molar-refractivity contribution in [2.45, 2.75) is 0 Å². The molecular formula is C11H9P. The molecule has 0 N–H and O–H groups in total. The van der Waals surface area contributed by atoms with Crippen LogP contribution in [0.5, 0.6) is 0 Å². The largest absolute Gasteiger partial charge is 0.112 e. The zero-order valence-electron chi connectivity index (χ0n) is 6.62. The second kappa shape index (κ2) is 3.54. The molecule has 1 unspecified atom stereocenters. The minimum absolute atomic E-state index is 0.746. The van der Waals surface area contributed by atoms with Gasteiger partial charge in [0.2, 0.25) is 0 Å². The van der Waals surface area contributed by atoms with Crippen LogP contribution in [0.25, 0.3) is 0 Å². The van der Waals surface area contributed by atoms with E-state index in [2.05, 4.69) is 36.1 Å². The van der Waals surface area contributed by atoms with E-state index in [4.69, 9.17) is 0 Å². The van der Waals surface area contributed by atoms with Crippen molar-refractivity contribution in [3.05, 3.63) is 59.6 Å². The van der Waals surface area contributed by atoms with Gasteiger partial charge in [0.25, 0.3) is 0 Å². The lowest BCUT2D eigenvalue weighted by Crippen LogP contribution is -1.90. The minimum Gasteiger partial charge on any atom is -0.112 e. The molecule has 12 heavy (non-hydrogen) atoms. The zero-order valence-corrected chi connectivity index (χ0v) is 7.62. The van der Waals surface area contributed by atoms with E-state index >= 15 is 0 Å². The van der Waals surface area contributed by atoms with Gasteiger partial charge < -0.3 is 0 Å². The normalized spacial score (nSPS) is 14.5. The molecule has 1 heteroatoms. The average molecular weight is 172 g/mol. The van der Waals surface area contributed by atoms with Crippen molar-refractivity contribution in [3.63, 3.8) is 0 Å². The first-order valence-electron chi connectivity index (χ1n) is 3.90. The van der Waals surface area contributed by atoms with Gasteiger partial charge in [0.05, 0.1) is 0 Å². The Morgan fingerprint density at radius 3 is 2.58 bits per heavy atom. The summed E-state index contributed by atoms with van der Waals surface area (Å²) in [5, 5.41) is 2.67. The molecule has 1 aromatic rings. The summed E-state index contributed by atoms with van der Waals surface area (Å²) in [5.41, 5.74) is 3.20. The number of hydrogen-bond donors (Lipinski definition) is 0. The van der Waals surface area contributed by atoms with Gasteiger partial charge in [-0.25, -0.2) is 0 Å². The molecule has 0 spiro atoms. The highest BCUT2D eigenvalue weighted by atomic mass is 31.1. The Morgan fingerprint density at radius 2 is 1.92 bits per heavy atom. The Labute approximate surface area is 74.1 Å². The van der Waals surface area contributed by atoms with E-state index in [9.17, 15) is 0 Å². The molecule has 0 aliphatic heterocycles. The molecule has 2 rings (SSSR count). The van der Waals surface area contributed by atoms with E-state index < -0.39 is 0 Å². The van der Waals surface area contributed by atoms with Crippen LogP contribution in [0.1, 0.15) is 0 Å². The Bertz CT molecular complexity index is 354. The Morgan fingerprint density at radius 1 is 1.08 bits per heavy atom. The Balaban J connectivity index is 2.15. The fourth-order valence-corrected chi connectivity index (χ4v) is 2.09. The van der Waals surface area contributed by atoms with Crippen molar-refractivity contribution in [3.8, 4) is 0 Å². The van der Waals surface area contributed by atoms with Gasteiger partial charge >= 0.3 is 0 Å². The van der Waals surface area contributed by atoms with Crippen molar-refractivity contribution in [2.75, 3.05) is 0 Å². The van der Waals surface area contributed by atoms with Crippen molar-refractivity contribution in [2.24, 2.45) is 0 Å². The van der Waals surface area contributed by atoms with E-state index in [1.807, 2.05) is 18.2 Å². The third kappa shape index (κ3) is 1.74. The van der Waals surface area contributed by atoms with Gasteiger partial charge in [0.1, 0.15) is 0 Å². The number of rotatable bonds is 2. The Kier molecular flexibility index (Phi) is 2.23. The fraction of sp³-hybridized carbons (Fsp3) is 0. The van der Waals surface area contributed by atoms with E-state index in [0.717, 1.165) is 8.58 Å². The van der Waals surface area contributed by atoms with E-state index in [-0.39, 0.29) is 0 Å². The lowest BCUT2D eigenvalue weighted by atomic mass is 10.4. The molecule has 1 atom stereocenters. The molecule has 0 bridgehead atoms. The molecule has 0 radical (unpaired) electrons. The van der Waals surface area contributed by atoms with Gasteiger partial charge in [-0.3, -0.25) is 0 Å². The van der Waals surface area contributed by atoms with Gasteiger partial charge in [0, 0.05) is 5.31 Å². The van der Waals surface area contributed by atoms with Crippen LogP contribution in [0.4, 0.5) is 0 Å². The molecule has 0 heterocycles. The molecule has 0 fully saturated rings. The topological polar surface area (TPSA) is 0 Å². The highest BCUT2D eigenvalue weighted by Crippen LogP contribution is 2.24. The van der Waals surface area contributed by atoms with Gasteiger partial charge in [-0.2, -0.15) is 0 Å². The van der Waals surface area contributed by atoms with Crippen LogP contribution in [0, 0.1) is 0 Å². The summed E-state index contributed by atoms with van der Waals surface area (Å²) in [5.74, 6) is 0. The summed E-state index contributed by atoms with van der Waals surface area (Å²) < 4.78 is 0. The van der Waals surface area contributed by atoms with Crippen LogP contribution in [-0.2, 0) is 0 Å². The first-order valence-corrected chi connectivity index (χ1v) is 4.90. The maximum atomic E-state index is 3.20. The summed E-state index contributed by atoms with van der Waals surface area (Å²) in [6, 6.07) is 10.5. The summed E-state index contributed by atoms with van der Waals surface area (Å²) in [6.45, 7) is 0. The van der Waals surface area contributed by atoms with Crippen molar-refractivity contribution in [1.82, 2.24) is 0 Å². The minimum atomic E-state index is 0.746. The number of benzene rings is 1. The van der Waals surface area contributed by atoms with Gasteiger partial charge in [0.15, 0.2) is 0 Å². The predicted octanol–water partition coefficient (Wildman–Crippen LogP) is 2.60. The van der Waals surface area contributed by atoms with Crippen molar-refractivity contribution < 1.29 is 0 Å². The lowest BCUT2D eigenvalue weighted by molar-refractivity contribution is 1.77. The monoisotopic (exact) mass is 172 g/mol. The molecule has 1 aromatic carbocycles.